The van der Waals surface area contributed by atoms with Crippen molar-refractivity contribution in [3.8, 4) is 0 Å². The molecule has 0 aromatic carbocycles. The first-order chi connectivity index (χ1) is 10.3. The summed E-state index contributed by atoms with van der Waals surface area (Å²) in [6.45, 7) is 2.49. The van der Waals surface area contributed by atoms with Gasteiger partial charge in [-0.2, -0.15) is 0 Å². The summed E-state index contributed by atoms with van der Waals surface area (Å²) in [5.41, 5.74) is 0. The van der Waals surface area contributed by atoms with E-state index < -0.39 is 0 Å². The smallest absolute Gasteiger partial charge is 0.130 e. The van der Waals surface area contributed by atoms with Crippen molar-refractivity contribution in [3.05, 3.63) is 96.6 Å². The maximum absolute atomic E-state index is 5.85. The van der Waals surface area contributed by atoms with Gasteiger partial charge in [0.25, 0.3) is 0 Å². The van der Waals surface area contributed by atoms with Gasteiger partial charge in [0, 0.05) is 0 Å². The number of rotatable bonds is 5. The van der Waals surface area contributed by atoms with E-state index in [1.807, 2.05) is 92.0 Å². The van der Waals surface area contributed by atoms with Crippen molar-refractivity contribution in [3.63, 3.8) is 0 Å². The van der Waals surface area contributed by atoms with E-state index in [0.29, 0.717) is 6.61 Å². The molecule has 2 heteroatoms. The van der Waals surface area contributed by atoms with E-state index in [0.717, 1.165) is 11.5 Å². The Labute approximate surface area is 126 Å². The average Bonchev–Trinajstić information content (AvgIpc) is 2.40. The molecule has 21 heavy (non-hydrogen) atoms. The lowest BCUT2D eigenvalue weighted by Gasteiger charge is -2.16. The van der Waals surface area contributed by atoms with Crippen molar-refractivity contribution in [2.75, 3.05) is 6.61 Å². The van der Waals surface area contributed by atoms with Crippen LogP contribution < -0.4 is 0 Å². The van der Waals surface area contributed by atoms with Gasteiger partial charge in [0.05, 0.1) is 0 Å². The van der Waals surface area contributed by atoms with Crippen molar-refractivity contribution in [1.29, 1.82) is 0 Å². The fourth-order valence-corrected chi connectivity index (χ4v) is 1.75. The zero-order valence-electron chi connectivity index (χ0n) is 12.2. The third kappa shape index (κ3) is 6.00. The van der Waals surface area contributed by atoms with Crippen LogP contribution >= 0.6 is 0 Å². The van der Waals surface area contributed by atoms with Gasteiger partial charge in [0.2, 0.25) is 0 Å². The maximum atomic E-state index is 5.85. The number of ether oxygens (including phenoxy) is 2. The lowest BCUT2D eigenvalue weighted by molar-refractivity contribution is 0.0626. The van der Waals surface area contributed by atoms with Crippen LogP contribution in [0.4, 0.5) is 0 Å². The summed E-state index contributed by atoms with van der Waals surface area (Å²) in [7, 11) is 0. The molecule has 0 aromatic rings. The van der Waals surface area contributed by atoms with Gasteiger partial charge in [-0.25, -0.2) is 0 Å². The molecule has 0 heterocycles. The standard InChI is InChI=1S/C19H20O2/c1-17(21-19-14-10-6-3-7-11-15-19)16-20-18-12-8-4-2-5-9-13-18/h2-15,17H,16H2,1H3. The maximum Gasteiger partial charge on any atom is 0.130 e. The Morgan fingerprint density at radius 1 is 0.714 bits per heavy atom. The zero-order valence-corrected chi connectivity index (χ0v) is 12.2. The van der Waals surface area contributed by atoms with Gasteiger partial charge in [-0.15, -0.1) is 0 Å². The second-order valence-electron chi connectivity index (χ2n) is 4.64. The summed E-state index contributed by atoms with van der Waals surface area (Å²) in [5.74, 6) is 1.66. The molecule has 0 spiro atoms. The molecule has 2 rings (SSSR count). The van der Waals surface area contributed by atoms with E-state index in [1.54, 1.807) is 0 Å². The first-order valence-corrected chi connectivity index (χ1v) is 7.07. The van der Waals surface area contributed by atoms with Crippen LogP contribution in [0.5, 0.6) is 0 Å². The summed E-state index contributed by atoms with van der Waals surface area (Å²) in [5, 5.41) is 0. The van der Waals surface area contributed by atoms with Crippen LogP contribution in [0.3, 0.4) is 0 Å². The van der Waals surface area contributed by atoms with Crippen LogP contribution in [0, 0.1) is 0 Å². The monoisotopic (exact) mass is 280 g/mol. The Kier molecular flexibility index (Phi) is 6.14. The highest BCUT2D eigenvalue weighted by Crippen LogP contribution is 2.10. The Balaban J connectivity index is 1.83. The Morgan fingerprint density at radius 2 is 1.24 bits per heavy atom. The molecule has 0 fully saturated rings. The predicted octanol–water partition coefficient (Wildman–Crippen LogP) is 4.54. The minimum Gasteiger partial charge on any atom is -0.490 e. The molecule has 0 bridgehead atoms. The minimum atomic E-state index is -0.0306. The van der Waals surface area contributed by atoms with E-state index in [4.69, 9.17) is 9.47 Å². The highest BCUT2D eigenvalue weighted by atomic mass is 16.5. The summed E-state index contributed by atoms with van der Waals surface area (Å²) >= 11 is 0. The van der Waals surface area contributed by atoms with E-state index in [9.17, 15) is 0 Å². The van der Waals surface area contributed by atoms with Gasteiger partial charge in [-0.05, 0) is 31.2 Å². The van der Waals surface area contributed by atoms with E-state index >= 15 is 0 Å². The quantitative estimate of drug-likeness (QED) is 0.736. The molecule has 0 N–H and O–H groups in total. The Hall–Kier alpha value is -2.48. The molecule has 0 amide bonds. The third-order valence-electron chi connectivity index (χ3n) is 2.75. The lowest BCUT2D eigenvalue weighted by Crippen LogP contribution is -2.15. The van der Waals surface area contributed by atoms with Gasteiger partial charge < -0.3 is 9.47 Å². The Morgan fingerprint density at radius 3 is 1.95 bits per heavy atom. The molecule has 2 nitrogen and oxygen atoms in total. The van der Waals surface area contributed by atoms with Crippen LogP contribution in [-0.2, 0) is 9.47 Å². The van der Waals surface area contributed by atoms with Gasteiger partial charge in [-0.1, -0.05) is 60.8 Å². The molecule has 2 aliphatic carbocycles. The molecular weight excluding hydrogens is 260 g/mol. The number of allylic oxidation sites excluding steroid dienone is 14. The molecule has 0 saturated heterocycles. The molecule has 0 aromatic heterocycles. The zero-order chi connectivity index (χ0) is 14.8. The first-order valence-electron chi connectivity index (χ1n) is 7.07. The van der Waals surface area contributed by atoms with Crippen LogP contribution in [0.1, 0.15) is 6.92 Å². The predicted molar refractivity (Wildman–Crippen MR) is 87.5 cm³/mol. The van der Waals surface area contributed by atoms with Gasteiger partial charge in [0.1, 0.15) is 24.2 Å². The first kappa shape index (κ1) is 14.9. The molecule has 108 valence electrons. The van der Waals surface area contributed by atoms with E-state index in [1.165, 1.54) is 0 Å². The molecule has 0 radical (unpaired) electrons. The van der Waals surface area contributed by atoms with Gasteiger partial charge in [0.15, 0.2) is 0 Å². The molecule has 0 saturated carbocycles. The van der Waals surface area contributed by atoms with Crippen molar-refractivity contribution in [2.24, 2.45) is 0 Å². The van der Waals surface area contributed by atoms with Crippen molar-refractivity contribution in [2.45, 2.75) is 13.0 Å². The summed E-state index contributed by atoms with van der Waals surface area (Å²) in [6, 6.07) is 0. The highest BCUT2D eigenvalue weighted by molar-refractivity contribution is 5.28. The molecular formula is C19H20O2. The molecule has 2 aliphatic rings. The minimum absolute atomic E-state index is 0.0306. The van der Waals surface area contributed by atoms with Gasteiger partial charge in [-0.3, -0.25) is 0 Å². The highest BCUT2D eigenvalue weighted by Gasteiger charge is 2.06. The van der Waals surface area contributed by atoms with E-state index in [-0.39, 0.29) is 6.10 Å². The second kappa shape index (κ2) is 8.64. The van der Waals surface area contributed by atoms with Crippen LogP contribution in [0.15, 0.2) is 96.6 Å². The molecule has 1 atom stereocenters. The van der Waals surface area contributed by atoms with E-state index in [2.05, 4.69) is 0 Å². The number of hydrogen-bond acceptors (Lipinski definition) is 2. The largest absolute Gasteiger partial charge is 0.490 e. The number of hydrogen-bond donors (Lipinski definition) is 0. The normalized spacial score (nSPS) is 18.1. The van der Waals surface area contributed by atoms with Crippen LogP contribution in [0.25, 0.3) is 0 Å². The van der Waals surface area contributed by atoms with Crippen LogP contribution in [0.2, 0.25) is 0 Å². The fourth-order valence-electron chi connectivity index (χ4n) is 1.75. The summed E-state index contributed by atoms with van der Waals surface area (Å²) in [4.78, 5) is 0. The van der Waals surface area contributed by atoms with Crippen LogP contribution in [-0.4, -0.2) is 12.7 Å². The fraction of sp³-hybridized carbons (Fsp3) is 0.158. The SMILES string of the molecule is CC(COC1=CC=CC=CC=C1)OC1=CC=CC=CC=C1. The van der Waals surface area contributed by atoms with Crippen molar-refractivity contribution < 1.29 is 9.47 Å². The molecule has 1 unspecified atom stereocenters. The summed E-state index contributed by atoms with van der Waals surface area (Å²) in [6.07, 6.45) is 27.4. The molecule has 0 aliphatic heterocycles. The van der Waals surface area contributed by atoms with Gasteiger partial charge >= 0.3 is 0 Å². The second-order valence-corrected chi connectivity index (χ2v) is 4.64. The summed E-state index contributed by atoms with van der Waals surface area (Å²) < 4.78 is 11.6. The topological polar surface area (TPSA) is 18.5 Å². The van der Waals surface area contributed by atoms with Crippen molar-refractivity contribution in [1.82, 2.24) is 0 Å². The van der Waals surface area contributed by atoms with Crippen molar-refractivity contribution >= 4 is 0 Å². The lowest BCUT2D eigenvalue weighted by atomic mass is 10.3. The average molecular weight is 280 g/mol. The Bertz CT molecular complexity index is 566. The third-order valence-corrected chi connectivity index (χ3v) is 2.75.